The molecule has 0 bridgehead atoms. The second kappa shape index (κ2) is 7.79. The van der Waals surface area contributed by atoms with Crippen LogP contribution in [0.1, 0.15) is 35.0 Å². The number of benzene rings is 1. The number of amides is 1. The van der Waals surface area contributed by atoms with E-state index < -0.39 is 17.3 Å². The van der Waals surface area contributed by atoms with E-state index in [1.54, 1.807) is 50.2 Å². The summed E-state index contributed by atoms with van der Waals surface area (Å²) in [7, 11) is 1.44. The average Bonchev–Trinajstić information content (AvgIpc) is 2.62. The lowest BCUT2D eigenvalue weighted by Gasteiger charge is -2.29. The molecular formula is C19H22N2O4. The van der Waals surface area contributed by atoms with Gasteiger partial charge in [0.05, 0.1) is 7.11 Å². The number of aromatic nitrogens is 1. The predicted molar refractivity (Wildman–Crippen MR) is 93.9 cm³/mol. The number of rotatable bonds is 7. The Morgan fingerprint density at radius 3 is 2.44 bits per heavy atom. The fourth-order valence-electron chi connectivity index (χ4n) is 2.73. The summed E-state index contributed by atoms with van der Waals surface area (Å²) in [6.07, 6.45) is 0.343. The number of nitrogens with one attached hydrogen (secondary N) is 1. The number of carboxylic acid groups (broad SMARTS) is 1. The number of aryl methyl sites for hydroxylation is 1. The van der Waals surface area contributed by atoms with Gasteiger partial charge >= 0.3 is 5.97 Å². The van der Waals surface area contributed by atoms with Gasteiger partial charge in [0, 0.05) is 12.2 Å². The summed E-state index contributed by atoms with van der Waals surface area (Å²) in [4.78, 5) is 28.7. The van der Waals surface area contributed by atoms with Crippen molar-refractivity contribution in [1.82, 2.24) is 10.3 Å². The quantitative estimate of drug-likeness (QED) is 0.807. The van der Waals surface area contributed by atoms with Gasteiger partial charge < -0.3 is 15.2 Å². The van der Waals surface area contributed by atoms with Gasteiger partial charge in [-0.1, -0.05) is 37.3 Å². The predicted octanol–water partition coefficient (Wildman–Crippen LogP) is 2.56. The number of carboxylic acids is 1. The number of nitrogens with zero attached hydrogens (tertiary/aromatic N) is 1. The Morgan fingerprint density at radius 2 is 1.88 bits per heavy atom. The zero-order chi connectivity index (χ0) is 18.4. The van der Waals surface area contributed by atoms with Crippen LogP contribution in [-0.2, 0) is 10.2 Å². The van der Waals surface area contributed by atoms with Gasteiger partial charge in [-0.3, -0.25) is 9.59 Å². The molecule has 1 atom stereocenters. The van der Waals surface area contributed by atoms with Crippen LogP contribution >= 0.6 is 0 Å². The number of hydrogen-bond acceptors (Lipinski definition) is 4. The maximum absolute atomic E-state index is 12.5. The van der Waals surface area contributed by atoms with E-state index in [-0.39, 0.29) is 18.0 Å². The molecule has 2 rings (SSSR count). The van der Waals surface area contributed by atoms with Gasteiger partial charge in [-0.2, -0.15) is 0 Å². The van der Waals surface area contributed by atoms with Gasteiger partial charge in [0.25, 0.3) is 5.91 Å². The average molecular weight is 342 g/mol. The van der Waals surface area contributed by atoms with Gasteiger partial charge in [0.2, 0.25) is 5.88 Å². The van der Waals surface area contributed by atoms with Crippen molar-refractivity contribution < 1.29 is 19.4 Å². The highest BCUT2D eigenvalue weighted by Gasteiger charge is 2.39. The van der Waals surface area contributed by atoms with Crippen LogP contribution in [0.15, 0.2) is 42.5 Å². The summed E-state index contributed by atoms with van der Waals surface area (Å²) in [5.74, 6) is -1.18. The standard InChI is InChI=1S/C19H22N2O4/c1-4-19(18(23)24,14-8-6-5-7-9-14)12-20-16(22)15-11-10-13(2)21-17(15)25-3/h5-11H,4,12H2,1-3H3,(H,20,22)(H,23,24). The van der Waals surface area contributed by atoms with Crippen LogP contribution in [0.4, 0.5) is 0 Å². The number of hydrogen-bond donors (Lipinski definition) is 2. The Kier molecular flexibility index (Phi) is 5.75. The van der Waals surface area contributed by atoms with E-state index in [0.717, 1.165) is 5.69 Å². The van der Waals surface area contributed by atoms with Gasteiger partial charge in [-0.05, 0) is 31.0 Å². The molecule has 0 aliphatic carbocycles. The molecule has 1 aromatic heterocycles. The maximum atomic E-state index is 12.5. The first-order chi connectivity index (χ1) is 11.9. The largest absolute Gasteiger partial charge is 0.481 e. The second-order valence-electron chi connectivity index (χ2n) is 5.80. The van der Waals surface area contributed by atoms with Crippen LogP contribution in [0.3, 0.4) is 0 Å². The Morgan fingerprint density at radius 1 is 1.20 bits per heavy atom. The smallest absolute Gasteiger partial charge is 0.315 e. The lowest BCUT2D eigenvalue weighted by molar-refractivity contribution is -0.143. The minimum Gasteiger partial charge on any atom is -0.481 e. The van der Waals surface area contributed by atoms with Crippen molar-refractivity contribution in [2.45, 2.75) is 25.7 Å². The first kappa shape index (κ1) is 18.4. The molecule has 2 aromatic rings. The highest BCUT2D eigenvalue weighted by Crippen LogP contribution is 2.28. The molecule has 1 amide bonds. The monoisotopic (exact) mass is 342 g/mol. The summed E-state index contributed by atoms with van der Waals surface area (Å²) in [5.41, 5.74) is 0.462. The van der Waals surface area contributed by atoms with E-state index in [9.17, 15) is 14.7 Å². The summed E-state index contributed by atoms with van der Waals surface area (Å²) >= 11 is 0. The minimum atomic E-state index is -1.19. The van der Waals surface area contributed by atoms with E-state index in [4.69, 9.17) is 4.74 Å². The Bertz CT molecular complexity index is 761. The van der Waals surface area contributed by atoms with E-state index in [0.29, 0.717) is 12.0 Å². The van der Waals surface area contributed by atoms with E-state index >= 15 is 0 Å². The third-order valence-corrected chi connectivity index (χ3v) is 4.33. The molecule has 1 aromatic carbocycles. The molecule has 0 saturated heterocycles. The van der Waals surface area contributed by atoms with Gasteiger partial charge in [-0.15, -0.1) is 0 Å². The lowest BCUT2D eigenvalue weighted by atomic mass is 9.78. The fraction of sp³-hybridized carbons (Fsp3) is 0.316. The van der Waals surface area contributed by atoms with Crippen LogP contribution in [0.25, 0.3) is 0 Å². The van der Waals surface area contributed by atoms with Crippen LogP contribution < -0.4 is 10.1 Å². The number of methoxy groups -OCH3 is 1. The number of pyridine rings is 1. The summed E-state index contributed by atoms with van der Waals surface area (Å²) in [6.45, 7) is 3.56. The molecule has 0 saturated carbocycles. The molecule has 6 heteroatoms. The maximum Gasteiger partial charge on any atom is 0.315 e. The summed E-state index contributed by atoms with van der Waals surface area (Å²) in [6, 6.07) is 12.3. The lowest BCUT2D eigenvalue weighted by Crippen LogP contribution is -2.46. The van der Waals surface area contributed by atoms with Crippen molar-refractivity contribution in [3.05, 3.63) is 59.3 Å². The highest BCUT2D eigenvalue weighted by atomic mass is 16.5. The second-order valence-corrected chi connectivity index (χ2v) is 5.80. The summed E-state index contributed by atoms with van der Waals surface area (Å²) < 4.78 is 5.15. The molecule has 6 nitrogen and oxygen atoms in total. The van der Waals surface area contributed by atoms with Crippen molar-refractivity contribution in [2.75, 3.05) is 13.7 Å². The first-order valence-corrected chi connectivity index (χ1v) is 8.03. The van der Waals surface area contributed by atoms with Crippen molar-refractivity contribution >= 4 is 11.9 Å². The number of ether oxygens (including phenoxy) is 1. The molecule has 0 fully saturated rings. The SMILES string of the molecule is CCC(CNC(=O)c1ccc(C)nc1OC)(C(=O)O)c1ccccc1. The van der Waals surface area contributed by atoms with Crippen molar-refractivity contribution in [3.63, 3.8) is 0 Å². The normalized spacial score (nSPS) is 12.9. The first-order valence-electron chi connectivity index (χ1n) is 8.03. The molecule has 0 radical (unpaired) electrons. The number of carbonyl (C=O) groups excluding carboxylic acids is 1. The molecule has 25 heavy (non-hydrogen) atoms. The summed E-state index contributed by atoms with van der Waals surface area (Å²) in [5, 5.41) is 12.5. The van der Waals surface area contributed by atoms with Crippen molar-refractivity contribution in [3.8, 4) is 5.88 Å². The molecule has 0 aliphatic rings. The molecular weight excluding hydrogens is 320 g/mol. The Balaban J connectivity index is 2.27. The topological polar surface area (TPSA) is 88.5 Å². The highest BCUT2D eigenvalue weighted by molar-refractivity contribution is 5.97. The van der Waals surface area contributed by atoms with Crippen LogP contribution in [0.5, 0.6) is 5.88 Å². The van der Waals surface area contributed by atoms with E-state index in [1.165, 1.54) is 7.11 Å². The zero-order valence-corrected chi connectivity index (χ0v) is 14.6. The molecule has 2 N–H and O–H groups in total. The number of aliphatic carboxylic acids is 1. The zero-order valence-electron chi connectivity index (χ0n) is 14.6. The Labute approximate surface area is 146 Å². The number of carbonyl (C=O) groups is 2. The fourth-order valence-corrected chi connectivity index (χ4v) is 2.73. The van der Waals surface area contributed by atoms with Gasteiger partial charge in [-0.25, -0.2) is 4.98 Å². The molecule has 0 aliphatic heterocycles. The molecule has 1 heterocycles. The Hall–Kier alpha value is -2.89. The third kappa shape index (κ3) is 3.79. The van der Waals surface area contributed by atoms with Crippen LogP contribution in [0.2, 0.25) is 0 Å². The molecule has 132 valence electrons. The van der Waals surface area contributed by atoms with Gasteiger partial charge in [0.1, 0.15) is 11.0 Å². The minimum absolute atomic E-state index is 0.0291. The van der Waals surface area contributed by atoms with Crippen LogP contribution in [0, 0.1) is 6.92 Å². The van der Waals surface area contributed by atoms with Crippen molar-refractivity contribution in [1.29, 1.82) is 0 Å². The van der Waals surface area contributed by atoms with Crippen LogP contribution in [-0.4, -0.2) is 35.6 Å². The van der Waals surface area contributed by atoms with Crippen molar-refractivity contribution in [2.24, 2.45) is 0 Å². The third-order valence-electron chi connectivity index (χ3n) is 4.33. The molecule has 0 spiro atoms. The van der Waals surface area contributed by atoms with E-state index in [1.807, 2.05) is 6.07 Å². The molecule has 1 unspecified atom stereocenters. The van der Waals surface area contributed by atoms with E-state index in [2.05, 4.69) is 10.3 Å². The van der Waals surface area contributed by atoms with Gasteiger partial charge in [0.15, 0.2) is 0 Å².